The first-order chi connectivity index (χ1) is 32.0. The van der Waals surface area contributed by atoms with E-state index in [0.29, 0.717) is 59.5 Å². The molecule has 9 rings (SSSR count). The lowest BCUT2D eigenvalue weighted by atomic mass is 9.49. The second kappa shape index (κ2) is 19.7. The minimum absolute atomic E-state index is 0.0211. The minimum atomic E-state index is -0.321. The van der Waals surface area contributed by atoms with Crippen LogP contribution >= 0.6 is 23.4 Å². The van der Waals surface area contributed by atoms with Gasteiger partial charge in [0.1, 0.15) is 17.9 Å². The van der Waals surface area contributed by atoms with E-state index in [1.54, 1.807) is 18.2 Å². The smallest absolute Gasteiger partial charge is 0.225 e. The van der Waals surface area contributed by atoms with Gasteiger partial charge in [0, 0.05) is 97.9 Å². The quantitative estimate of drug-likeness (QED) is 0.163. The fourth-order valence-electron chi connectivity index (χ4n) is 12.4. The molecule has 6 fully saturated rings. The van der Waals surface area contributed by atoms with E-state index in [2.05, 4.69) is 126 Å². The number of ether oxygens (including phenoxy) is 2. The number of fused-ring (bicyclic) bond motifs is 3. The monoisotopic (exact) mass is 958 g/mol. The average Bonchev–Trinajstić information content (AvgIpc) is 3.78. The van der Waals surface area contributed by atoms with Gasteiger partial charge in [-0.3, -0.25) is 35.0 Å². The van der Waals surface area contributed by atoms with Gasteiger partial charge in [0.05, 0.1) is 52.8 Å². The molecule has 67 heavy (non-hydrogen) atoms. The van der Waals surface area contributed by atoms with Crippen molar-refractivity contribution in [1.29, 1.82) is 5.26 Å². The number of hydrogen-bond acceptors (Lipinski definition) is 14. The summed E-state index contributed by atoms with van der Waals surface area (Å²) in [5, 5.41) is 23.6. The third kappa shape index (κ3) is 9.71. The Morgan fingerprint density at radius 2 is 1.70 bits per heavy atom. The van der Waals surface area contributed by atoms with Crippen LogP contribution in [0.1, 0.15) is 85.8 Å². The van der Waals surface area contributed by atoms with Crippen molar-refractivity contribution in [3.05, 3.63) is 58.6 Å². The SMILES string of the molecule is CCNC(=O)C[C@@H]1N=C(c2ccc(N3CCC(CN4CC(OC5NCC(C(=O)NC6C(C)(C)C(Oc7ccc(C#N)c(Cl)c7)C6(C)C)CN5)C4)CC3)cc2)C2C(C)C(C)SC2N2C(C)NNC12. The van der Waals surface area contributed by atoms with E-state index in [1.807, 2.05) is 18.7 Å². The Bertz CT molecular complexity index is 2170. The number of likely N-dealkylation sites (tertiary alicyclic amines) is 1. The summed E-state index contributed by atoms with van der Waals surface area (Å²) >= 11 is 8.32. The van der Waals surface area contributed by atoms with Crippen LogP contribution in [0.3, 0.4) is 0 Å². The number of nitrogens with zero attached hydrogens (tertiary/aromatic N) is 5. The molecule has 1 aliphatic carbocycles. The van der Waals surface area contributed by atoms with Crippen molar-refractivity contribution in [2.75, 3.05) is 57.3 Å². The molecular weight excluding hydrogens is 886 g/mol. The molecule has 6 unspecified atom stereocenters. The Hall–Kier alpha value is -3.50. The zero-order valence-corrected chi connectivity index (χ0v) is 42.1. The molecule has 2 aromatic rings. The molecule has 17 heteroatoms. The number of piperidine rings is 1. The fraction of sp³-hybridized carbons (Fsp3) is 0.680. The maximum Gasteiger partial charge on any atom is 0.225 e. The number of benzene rings is 2. The molecule has 2 amide bonds. The van der Waals surface area contributed by atoms with Crippen molar-refractivity contribution in [2.45, 2.75) is 128 Å². The number of rotatable bonds is 13. The topological polar surface area (TPSA) is 171 Å². The number of thioether (sulfide) groups is 1. The summed E-state index contributed by atoms with van der Waals surface area (Å²) in [7, 11) is 0. The van der Waals surface area contributed by atoms with Gasteiger partial charge in [0.15, 0.2) is 6.35 Å². The third-order valence-corrected chi connectivity index (χ3v) is 18.0. The number of carbonyl (C=O) groups is 2. The van der Waals surface area contributed by atoms with Crippen LogP contribution < -0.4 is 41.8 Å². The van der Waals surface area contributed by atoms with E-state index in [-0.39, 0.29) is 82.8 Å². The Balaban J connectivity index is 0.709. The van der Waals surface area contributed by atoms with Crippen LogP contribution in [0.15, 0.2) is 47.5 Å². The molecule has 0 radical (unpaired) electrons. The van der Waals surface area contributed by atoms with Crippen molar-refractivity contribution < 1.29 is 19.1 Å². The van der Waals surface area contributed by atoms with Gasteiger partial charge in [0.25, 0.3) is 0 Å². The van der Waals surface area contributed by atoms with Gasteiger partial charge >= 0.3 is 0 Å². The standard InChI is InChI=1S/C50H72ClN11O4S/c1-9-53-40(63)21-39-43-59-58-30(4)62(43)45-41(28(2)29(3)67-45)42(56-39)32-10-13-35(14-11-32)61-18-16-31(17-19-61)25-60-26-37(27-60)66-48-54-23-34(24-55-48)44(64)57-46-49(5,6)47(50(46,7)8)65-36-15-12-33(22-52)38(51)20-36/h10-15,20,28-31,34,37,39,41,43,45-48,54-55,58-59H,9,16-19,21,23-27H2,1-8H3,(H,53,63)(H,57,64)/t28?,29?,30?,34?,39-,41?,43?,45?,46?,47?,48?/m0/s1. The van der Waals surface area contributed by atoms with Crippen molar-refractivity contribution in [1.82, 2.24) is 41.9 Å². The van der Waals surface area contributed by atoms with Gasteiger partial charge in [-0.05, 0) is 68.4 Å². The fourth-order valence-corrected chi connectivity index (χ4v) is 14.5. The number of hydrazine groups is 1. The van der Waals surface area contributed by atoms with Gasteiger partial charge < -0.3 is 25.0 Å². The lowest BCUT2D eigenvalue weighted by Gasteiger charge is -2.63. The van der Waals surface area contributed by atoms with Gasteiger partial charge in [-0.15, -0.1) is 11.8 Å². The first-order valence-corrected chi connectivity index (χ1v) is 26.0. The molecule has 15 nitrogen and oxygen atoms in total. The van der Waals surface area contributed by atoms with E-state index in [4.69, 9.17) is 26.1 Å². The first-order valence-electron chi connectivity index (χ1n) is 24.7. The van der Waals surface area contributed by atoms with Crippen molar-refractivity contribution in [3.8, 4) is 11.8 Å². The van der Waals surface area contributed by atoms with Crippen LogP contribution in [0.5, 0.6) is 5.75 Å². The van der Waals surface area contributed by atoms with Crippen LogP contribution in [0.4, 0.5) is 5.69 Å². The molecule has 6 N–H and O–H groups in total. The number of halogens is 1. The van der Waals surface area contributed by atoms with E-state index in [1.165, 1.54) is 11.3 Å². The predicted octanol–water partition coefficient (Wildman–Crippen LogP) is 4.71. The minimum Gasteiger partial charge on any atom is -0.489 e. The molecule has 0 bridgehead atoms. The average molecular weight is 959 g/mol. The highest BCUT2D eigenvalue weighted by molar-refractivity contribution is 8.00. The Kier molecular flexibility index (Phi) is 14.3. The highest BCUT2D eigenvalue weighted by Crippen LogP contribution is 2.56. The molecule has 7 aliphatic rings. The van der Waals surface area contributed by atoms with Crippen molar-refractivity contribution >= 4 is 46.6 Å². The maximum atomic E-state index is 13.6. The third-order valence-electron chi connectivity index (χ3n) is 16.0. The summed E-state index contributed by atoms with van der Waals surface area (Å²) in [6, 6.07) is 16.1. The Morgan fingerprint density at radius 3 is 2.36 bits per heavy atom. The highest BCUT2D eigenvalue weighted by atomic mass is 35.5. The van der Waals surface area contributed by atoms with Crippen LogP contribution in [-0.4, -0.2) is 133 Å². The second-order valence-corrected chi connectivity index (χ2v) is 23.3. The normalized spacial score (nSPS) is 34.1. The van der Waals surface area contributed by atoms with Gasteiger partial charge in [0.2, 0.25) is 11.8 Å². The number of nitriles is 1. The second-order valence-electron chi connectivity index (χ2n) is 21.4. The highest BCUT2D eigenvalue weighted by Gasteiger charge is 2.64. The van der Waals surface area contributed by atoms with E-state index in [0.717, 1.165) is 51.3 Å². The number of carbonyl (C=O) groups excluding carboxylic acids is 2. The number of hydrogen-bond donors (Lipinski definition) is 6. The van der Waals surface area contributed by atoms with Gasteiger partial charge in [-0.25, -0.2) is 10.9 Å². The van der Waals surface area contributed by atoms with Gasteiger partial charge in [-0.1, -0.05) is 65.3 Å². The first kappa shape index (κ1) is 48.5. The largest absolute Gasteiger partial charge is 0.489 e. The number of nitrogens with one attached hydrogen (secondary N) is 6. The molecule has 0 spiro atoms. The molecular formula is C50H72ClN11O4S. The lowest BCUT2D eigenvalue weighted by Crippen LogP contribution is -2.75. The van der Waals surface area contributed by atoms with Crippen molar-refractivity contribution in [2.24, 2.45) is 39.5 Å². The number of anilines is 1. The van der Waals surface area contributed by atoms with E-state index >= 15 is 0 Å². The molecule has 6 heterocycles. The van der Waals surface area contributed by atoms with Crippen molar-refractivity contribution in [3.63, 3.8) is 0 Å². The number of aliphatic imine (C=N–C) groups is 1. The molecule has 0 aromatic heterocycles. The summed E-state index contributed by atoms with van der Waals surface area (Å²) in [6.07, 6.45) is 2.49. The Morgan fingerprint density at radius 1 is 1.00 bits per heavy atom. The summed E-state index contributed by atoms with van der Waals surface area (Å²) in [6.45, 7) is 24.1. The van der Waals surface area contributed by atoms with Gasteiger partial charge in [-0.2, -0.15) is 5.26 Å². The number of amides is 2. The summed E-state index contributed by atoms with van der Waals surface area (Å²) in [5.74, 6) is 1.83. The molecule has 7 atom stereocenters. The zero-order valence-electron chi connectivity index (χ0n) is 40.5. The van der Waals surface area contributed by atoms with Crippen LogP contribution in [0.2, 0.25) is 5.02 Å². The van der Waals surface area contributed by atoms with E-state index < -0.39 is 0 Å². The predicted molar refractivity (Wildman–Crippen MR) is 265 cm³/mol. The molecule has 2 aromatic carbocycles. The molecule has 364 valence electrons. The summed E-state index contributed by atoms with van der Waals surface area (Å²) in [4.78, 5) is 39.6. The molecule has 1 saturated carbocycles. The maximum absolute atomic E-state index is 13.6. The summed E-state index contributed by atoms with van der Waals surface area (Å²) in [5.41, 5.74) is 10.3. The summed E-state index contributed by atoms with van der Waals surface area (Å²) < 4.78 is 12.8. The van der Waals surface area contributed by atoms with E-state index in [9.17, 15) is 14.9 Å². The Labute approximate surface area is 406 Å². The molecule has 6 aliphatic heterocycles. The van der Waals surface area contributed by atoms with Crippen LogP contribution in [-0.2, 0) is 14.3 Å². The molecule has 5 saturated heterocycles. The zero-order chi connectivity index (χ0) is 47.4. The lowest BCUT2D eigenvalue weighted by molar-refractivity contribution is -0.175. The van der Waals surface area contributed by atoms with Crippen LogP contribution in [0.25, 0.3) is 0 Å². The van der Waals surface area contributed by atoms with Crippen LogP contribution in [0, 0.1) is 45.8 Å².